The number of aromatic nitrogens is 3. The van der Waals surface area contributed by atoms with Gasteiger partial charge in [0.15, 0.2) is 0 Å². The minimum atomic E-state index is 0.00110. The number of carbonyl (C=O) groups excluding carboxylic acids is 1. The second-order valence-electron chi connectivity index (χ2n) is 6.84. The summed E-state index contributed by atoms with van der Waals surface area (Å²) in [5.74, 6) is 0.634. The van der Waals surface area contributed by atoms with Crippen LogP contribution in [0.5, 0.6) is 0 Å². The van der Waals surface area contributed by atoms with Gasteiger partial charge < -0.3 is 21.1 Å². The number of ether oxygens (including phenoxy) is 1. The normalized spacial score (nSPS) is 14.0. The van der Waals surface area contributed by atoms with Gasteiger partial charge in [-0.3, -0.25) is 4.79 Å². The first-order valence-electron chi connectivity index (χ1n) is 9.36. The highest BCUT2D eigenvalue weighted by Gasteiger charge is 2.19. The van der Waals surface area contributed by atoms with Gasteiger partial charge in [-0.15, -0.1) is 0 Å². The lowest BCUT2D eigenvalue weighted by molar-refractivity contribution is 0.0303. The Hall–Kier alpha value is -3.52. The molecule has 1 saturated heterocycles. The Bertz CT molecular complexity index is 1030. The van der Waals surface area contributed by atoms with Crippen molar-refractivity contribution in [3.8, 4) is 22.4 Å². The van der Waals surface area contributed by atoms with E-state index >= 15 is 0 Å². The second kappa shape index (κ2) is 7.84. The number of nitrogen functional groups attached to an aromatic ring is 2. The fourth-order valence-corrected chi connectivity index (χ4v) is 3.42. The van der Waals surface area contributed by atoms with Gasteiger partial charge in [0, 0.05) is 41.5 Å². The van der Waals surface area contributed by atoms with Crippen LogP contribution in [0.25, 0.3) is 22.4 Å². The maximum Gasteiger partial charge on any atom is 0.254 e. The van der Waals surface area contributed by atoms with Crippen LogP contribution >= 0.6 is 0 Å². The molecule has 1 aliphatic heterocycles. The van der Waals surface area contributed by atoms with Crippen LogP contribution in [-0.2, 0) is 4.74 Å². The van der Waals surface area contributed by atoms with Crippen LogP contribution in [0.15, 0.2) is 42.6 Å². The van der Waals surface area contributed by atoms with Crippen molar-refractivity contribution in [3.63, 3.8) is 0 Å². The molecule has 0 atom stereocenters. The number of amides is 1. The summed E-state index contributed by atoms with van der Waals surface area (Å²) in [6, 6.07) is 11.0. The lowest BCUT2D eigenvalue weighted by Gasteiger charge is -2.26. The number of morpholine rings is 1. The van der Waals surface area contributed by atoms with Crippen LogP contribution in [0.1, 0.15) is 16.1 Å². The number of rotatable bonds is 3. The Kier molecular flexibility index (Phi) is 5.09. The quantitative estimate of drug-likeness (QED) is 0.703. The molecule has 8 nitrogen and oxygen atoms in total. The zero-order chi connectivity index (χ0) is 20.4. The van der Waals surface area contributed by atoms with Gasteiger partial charge in [-0.05, 0) is 31.2 Å². The maximum absolute atomic E-state index is 12.7. The fraction of sp³-hybridized carbons (Fsp3) is 0.238. The molecule has 1 fully saturated rings. The number of aryl methyl sites for hydroxylation is 1. The van der Waals surface area contributed by atoms with Crippen molar-refractivity contribution in [2.24, 2.45) is 0 Å². The molecule has 0 bridgehead atoms. The minimum absolute atomic E-state index is 0.00110. The molecular formula is C21H22N6O2. The average Bonchev–Trinajstić information content (AvgIpc) is 2.74. The highest BCUT2D eigenvalue weighted by atomic mass is 16.5. The highest BCUT2D eigenvalue weighted by Crippen LogP contribution is 2.33. The Morgan fingerprint density at radius 2 is 1.69 bits per heavy atom. The number of nitrogens with zero attached hydrogens (tertiary/aromatic N) is 4. The summed E-state index contributed by atoms with van der Waals surface area (Å²) in [5.41, 5.74) is 16.2. The third-order valence-corrected chi connectivity index (χ3v) is 4.89. The summed E-state index contributed by atoms with van der Waals surface area (Å²) in [7, 11) is 0. The molecule has 1 amide bonds. The first-order valence-corrected chi connectivity index (χ1v) is 9.36. The molecule has 0 spiro atoms. The van der Waals surface area contributed by atoms with E-state index in [9.17, 15) is 4.79 Å². The van der Waals surface area contributed by atoms with Gasteiger partial charge in [-0.2, -0.15) is 0 Å². The molecule has 3 aromatic rings. The largest absolute Gasteiger partial charge is 0.384 e. The van der Waals surface area contributed by atoms with Gasteiger partial charge >= 0.3 is 0 Å². The Balaban J connectivity index is 1.71. The Morgan fingerprint density at radius 1 is 1.00 bits per heavy atom. The number of nitrogens with two attached hydrogens (primary N) is 2. The zero-order valence-corrected chi connectivity index (χ0v) is 16.1. The predicted octanol–water partition coefficient (Wildman–Crippen LogP) is 2.15. The van der Waals surface area contributed by atoms with Crippen LogP contribution < -0.4 is 11.5 Å². The monoisotopic (exact) mass is 390 g/mol. The van der Waals surface area contributed by atoms with Gasteiger partial charge in [0.2, 0.25) is 5.95 Å². The van der Waals surface area contributed by atoms with Gasteiger partial charge in [0.25, 0.3) is 5.91 Å². The van der Waals surface area contributed by atoms with E-state index in [0.717, 1.165) is 22.4 Å². The van der Waals surface area contributed by atoms with E-state index < -0.39 is 0 Å². The van der Waals surface area contributed by atoms with E-state index in [1.54, 1.807) is 17.2 Å². The Morgan fingerprint density at radius 3 is 2.34 bits per heavy atom. The van der Waals surface area contributed by atoms with E-state index in [1.807, 2.05) is 37.3 Å². The number of hydrogen-bond acceptors (Lipinski definition) is 7. The Labute approximate surface area is 168 Å². The van der Waals surface area contributed by atoms with Crippen molar-refractivity contribution < 1.29 is 9.53 Å². The summed E-state index contributed by atoms with van der Waals surface area (Å²) in [6.45, 7) is 4.24. The van der Waals surface area contributed by atoms with Crippen LogP contribution in [0, 0.1) is 6.92 Å². The number of benzene rings is 1. The van der Waals surface area contributed by atoms with Crippen molar-refractivity contribution in [2.45, 2.75) is 6.92 Å². The van der Waals surface area contributed by atoms with Crippen LogP contribution in [0.2, 0.25) is 0 Å². The van der Waals surface area contributed by atoms with Crippen molar-refractivity contribution in [1.82, 2.24) is 19.9 Å². The van der Waals surface area contributed by atoms with Crippen LogP contribution in [0.4, 0.5) is 11.8 Å². The molecule has 148 valence electrons. The van der Waals surface area contributed by atoms with E-state index in [0.29, 0.717) is 43.4 Å². The van der Waals surface area contributed by atoms with Gasteiger partial charge in [-0.1, -0.05) is 12.1 Å². The second-order valence-corrected chi connectivity index (χ2v) is 6.84. The van der Waals surface area contributed by atoms with Gasteiger partial charge in [-0.25, -0.2) is 15.0 Å². The summed E-state index contributed by atoms with van der Waals surface area (Å²) in [6.07, 6.45) is 1.69. The molecule has 29 heavy (non-hydrogen) atoms. The van der Waals surface area contributed by atoms with Crippen molar-refractivity contribution >= 4 is 17.7 Å². The summed E-state index contributed by atoms with van der Waals surface area (Å²) in [5, 5.41) is 0. The minimum Gasteiger partial charge on any atom is -0.384 e. The molecule has 2 aromatic heterocycles. The van der Waals surface area contributed by atoms with Crippen molar-refractivity contribution in [2.75, 3.05) is 37.8 Å². The van der Waals surface area contributed by atoms with E-state index in [4.69, 9.17) is 16.2 Å². The number of carbonyl (C=O) groups is 1. The number of pyridine rings is 1. The molecule has 1 aliphatic rings. The average molecular weight is 390 g/mol. The molecule has 0 saturated carbocycles. The molecular weight excluding hydrogens is 368 g/mol. The maximum atomic E-state index is 12.7. The zero-order valence-electron chi connectivity index (χ0n) is 16.1. The molecule has 4 N–H and O–H groups in total. The molecule has 8 heteroatoms. The molecule has 1 aromatic carbocycles. The van der Waals surface area contributed by atoms with E-state index in [1.165, 1.54) is 0 Å². The first-order chi connectivity index (χ1) is 14.0. The first kappa shape index (κ1) is 18.8. The molecule has 0 radical (unpaired) electrons. The SMILES string of the molecule is Cc1nc(N)nc(-c2ccc(C(=O)N3CCOCC3)cc2)c1-c1ccc(N)nc1. The third kappa shape index (κ3) is 3.88. The molecule has 0 aliphatic carbocycles. The predicted molar refractivity (Wildman–Crippen MR) is 111 cm³/mol. The number of hydrogen-bond donors (Lipinski definition) is 2. The standard InChI is InChI=1S/C21H22N6O2/c1-13-18(16-6-7-17(22)24-12-16)19(26-21(23)25-13)14-2-4-15(5-3-14)20(28)27-8-10-29-11-9-27/h2-7,12H,8-11H2,1H3,(H2,22,24)(H2,23,25,26). The molecule has 4 rings (SSSR count). The van der Waals surface area contributed by atoms with Crippen molar-refractivity contribution in [3.05, 3.63) is 53.9 Å². The third-order valence-electron chi connectivity index (χ3n) is 4.89. The molecule has 0 unspecified atom stereocenters. The summed E-state index contributed by atoms with van der Waals surface area (Å²) >= 11 is 0. The summed E-state index contributed by atoms with van der Waals surface area (Å²) in [4.78, 5) is 27.4. The molecule has 3 heterocycles. The summed E-state index contributed by atoms with van der Waals surface area (Å²) < 4.78 is 5.31. The fourth-order valence-electron chi connectivity index (χ4n) is 3.42. The van der Waals surface area contributed by atoms with Gasteiger partial charge in [0.1, 0.15) is 5.82 Å². The van der Waals surface area contributed by atoms with E-state index in [-0.39, 0.29) is 11.9 Å². The smallest absolute Gasteiger partial charge is 0.254 e. The lowest BCUT2D eigenvalue weighted by Crippen LogP contribution is -2.40. The topological polar surface area (TPSA) is 120 Å². The van der Waals surface area contributed by atoms with E-state index in [2.05, 4.69) is 15.0 Å². The van der Waals surface area contributed by atoms with Crippen LogP contribution in [-0.4, -0.2) is 52.1 Å². The van der Waals surface area contributed by atoms with Crippen LogP contribution in [0.3, 0.4) is 0 Å². The highest BCUT2D eigenvalue weighted by molar-refractivity contribution is 5.95. The lowest BCUT2D eigenvalue weighted by atomic mass is 9.98. The van der Waals surface area contributed by atoms with Crippen molar-refractivity contribution in [1.29, 1.82) is 0 Å². The van der Waals surface area contributed by atoms with Gasteiger partial charge in [0.05, 0.1) is 24.6 Å². The number of anilines is 2.